The molecular weight excluding hydrogens is 484 g/mol. The van der Waals surface area contributed by atoms with Crippen LogP contribution in [0.4, 0.5) is 10.6 Å². The monoisotopic (exact) mass is 524 g/mol. The van der Waals surface area contributed by atoms with E-state index in [9.17, 15) is 14.4 Å². The van der Waals surface area contributed by atoms with Gasteiger partial charge in [-0.15, -0.1) is 0 Å². The number of piperazine rings is 1. The SMILES string of the molecule is CC[C@H]1CN(C(=O)Nc2ccn(-c3ccc(CN4CCC(N)CC4)cc3)c(=O)n2)CCN1C(=O)C(C)(C)N. The molecule has 4 rings (SSSR count). The highest BCUT2D eigenvalue weighted by Crippen LogP contribution is 2.18. The summed E-state index contributed by atoms with van der Waals surface area (Å²) in [5.74, 6) is 0.0600. The van der Waals surface area contributed by atoms with Crippen LogP contribution >= 0.6 is 0 Å². The van der Waals surface area contributed by atoms with Gasteiger partial charge in [-0.2, -0.15) is 4.98 Å². The van der Waals surface area contributed by atoms with Gasteiger partial charge >= 0.3 is 11.7 Å². The lowest BCUT2D eigenvalue weighted by molar-refractivity contribution is -0.140. The number of hydrogen-bond acceptors (Lipinski definition) is 7. The normalized spacial score (nSPS) is 19.4. The molecule has 0 saturated carbocycles. The lowest BCUT2D eigenvalue weighted by atomic mass is 10.0. The molecule has 0 spiro atoms. The van der Waals surface area contributed by atoms with E-state index in [0.29, 0.717) is 37.8 Å². The summed E-state index contributed by atoms with van der Waals surface area (Å²) >= 11 is 0. The van der Waals surface area contributed by atoms with E-state index in [2.05, 4.69) is 15.2 Å². The third-order valence-electron chi connectivity index (χ3n) is 7.34. The van der Waals surface area contributed by atoms with Crippen molar-refractivity contribution >= 4 is 17.8 Å². The van der Waals surface area contributed by atoms with Crippen molar-refractivity contribution in [2.75, 3.05) is 38.0 Å². The zero-order valence-electron chi connectivity index (χ0n) is 22.6. The van der Waals surface area contributed by atoms with Crippen LogP contribution in [0.25, 0.3) is 5.69 Å². The van der Waals surface area contributed by atoms with E-state index in [1.165, 1.54) is 10.1 Å². The van der Waals surface area contributed by atoms with Crippen molar-refractivity contribution in [2.24, 2.45) is 11.5 Å². The maximum atomic E-state index is 12.9. The number of likely N-dealkylation sites (tertiary alicyclic amines) is 1. The van der Waals surface area contributed by atoms with Crippen molar-refractivity contribution in [1.29, 1.82) is 0 Å². The van der Waals surface area contributed by atoms with Crippen LogP contribution in [0, 0.1) is 0 Å². The number of aromatic nitrogens is 2. The Morgan fingerprint density at radius 3 is 2.37 bits per heavy atom. The second-order valence-corrected chi connectivity index (χ2v) is 10.9. The number of rotatable bonds is 6. The fourth-order valence-electron chi connectivity index (χ4n) is 5.02. The third-order valence-corrected chi connectivity index (χ3v) is 7.34. The molecule has 2 aliphatic rings. The molecule has 1 aromatic carbocycles. The predicted molar refractivity (Wildman–Crippen MR) is 147 cm³/mol. The van der Waals surface area contributed by atoms with E-state index < -0.39 is 11.2 Å². The topological polar surface area (TPSA) is 143 Å². The van der Waals surface area contributed by atoms with Gasteiger partial charge in [-0.1, -0.05) is 19.1 Å². The zero-order chi connectivity index (χ0) is 27.4. The molecule has 1 atom stereocenters. The van der Waals surface area contributed by atoms with Crippen LogP contribution in [0.5, 0.6) is 0 Å². The van der Waals surface area contributed by atoms with Crippen LogP contribution in [0.15, 0.2) is 41.3 Å². The standard InChI is InChI=1S/C27H40N8O3/c1-4-21-18-33(15-16-34(21)24(36)27(2,3)29)25(37)30-23-11-14-35(26(38)31-23)22-7-5-19(6-8-22)17-32-12-9-20(28)10-13-32/h5-8,11,14,20-21H,4,9-10,12-13,15-18,28-29H2,1-3H3,(H,30,31,37,38)/t21-/m0/s1. The number of carbonyl (C=O) groups excluding carboxylic acids is 2. The molecule has 3 heterocycles. The molecule has 2 aliphatic heterocycles. The fraction of sp³-hybridized carbons (Fsp3) is 0.556. The molecule has 1 aromatic heterocycles. The molecule has 206 valence electrons. The Morgan fingerprint density at radius 2 is 1.76 bits per heavy atom. The van der Waals surface area contributed by atoms with E-state index in [0.717, 1.165) is 32.5 Å². The van der Waals surface area contributed by atoms with Gasteiger partial charge in [0.2, 0.25) is 5.91 Å². The number of anilines is 1. The first-order valence-electron chi connectivity index (χ1n) is 13.4. The smallest absolute Gasteiger partial charge is 0.335 e. The van der Waals surface area contributed by atoms with Crippen LogP contribution in [-0.4, -0.2) is 86.5 Å². The van der Waals surface area contributed by atoms with E-state index in [1.807, 2.05) is 31.2 Å². The fourth-order valence-corrected chi connectivity index (χ4v) is 5.02. The van der Waals surface area contributed by atoms with E-state index in [1.54, 1.807) is 35.9 Å². The minimum absolute atomic E-state index is 0.124. The van der Waals surface area contributed by atoms with Crippen molar-refractivity contribution in [1.82, 2.24) is 24.3 Å². The summed E-state index contributed by atoms with van der Waals surface area (Å²) in [6.07, 6.45) is 4.35. The number of nitrogens with one attached hydrogen (secondary N) is 1. The number of nitrogens with zero attached hydrogens (tertiary/aromatic N) is 5. The van der Waals surface area contributed by atoms with Gasteiger partial charge in [-0.3, -0.25) is 19.6 Å². The van der Waals surface area contributed by atoms with Crippen molar-refractivity contribution in [3.63, 3.8) is 0 Å². The van der Waals surface area contributed by atoms with Gasteiger partial charge in [-0.25, -0.2) is 9.59 Å². The lowest BCUT2D eigenvalue weighted by Crippen LogP contribution is -2.62. The van der Waals surface area contributed by atoms with Crippen molar-refractivity contribution < 1.29 is 9.59 Å². The molecule has 2 saturated heterocycles. The summed E-state index contributed by atoms with van der Waals surface area (Å²) in [5, 5.41) is 2.73. The van der Waals surface area contributed by atoms with Crippen LogP contribution in [0.3, 0.4) is 0 Å². The highest BCUT2D eigenvalue weighted by molar-refractivity contribution is 5.89. The van der Waals surface area contributed by atoms with E-state index >= 15 is 0 Å². The van der Waals surface area contributed by atoms with Crippen molar-refractivity contribution in [3.8, 4) is 5.69 Å². The number of urea groups is 1. The molecule has 3 amide bonds. The minimum Gasteiger partial charge on any atom is -0.335 e. The third kappa shape index (κ3) is 6.58. The molecule has 2 aromatic rings. The Kier molecular flexibility index (Phi) is 8.49. The molecule has 11 nitrogen and oxygen atoms in total. The van der Waals surface area contributed by atoms with Crippen LogP contribution in [0.1, 0.15) is 45.6 Å². The average Bonchev–Trinajstić information content (AvgIpc) is 2.89. The average molecular weight is 525 g/mol. The second-order valence-electron chi connectivity index (χ2n) is 10.9. The van der Waals surface area contributed by atoms with Crippen LogP contribution < -0.4 is 22.5 Å². The van der Waals surface area contributed by atoms with Gasteiger partial charge < -0.3 is 21.3 Å². The van der Waals surface area contributed by atoms with Gasteiger partial charge in [0.1, 0.15) is 5.82 Å². The summed E-state index contributed by atoms with van der Waals surface area (Å²) in [7, 11) is 0. The Bertz CT molecular complexity index is 1180. The molecule has 0 bridgehead atoms. The largest absolute Gasteiger partial charge is 0.354 e. The maximum absolute atomic E-state index is 12.9. The number of carbonyl (C=O) groups is 2. The highest BCUT2D eigenvalue weighted by atomic mass is 16.2. The maximum Gasteiger partial charge on any atom is 0.354 e. The zero-order valence-corrected chi connectivity index (χ0v) is 22.6. The van der Waals surface area contributed by atoms with Crippen molar-refractivity contribution in [2.45, 2.75) is 64.2 Å². The second kappa shape index (κ2) is 11.6. The Hall–Kier alpha value is -3.28. The van der Waals surface area contributed by atoms with Gasteiger partial charge in [-0.05, 0) is 70.0 Å². The first kappa shape index (κ1) is 27.7. The van der Waals surface area contributed by atoms with Gasteiger partial charge in [0.15, 0.2) is 0 Å². The van der Waals surface area contributed by atoms with Crippen molar-refractivity contribution in [3.05, 3.63) is 52.6 Å². The number of hydrogen-bond donors (Lipinski definition) is 3. The van der Waals surface area contributed by atoms with Gasteiger partial charge in [0.25, 0.3) is 0 Å². The summed E-state index contributed by atoms with van der Waals surface area (Å²) in [5.41, 5.74) is 12.4. The Morgan fingerprint density at radius 1 is 1.08 bits per heavy atom. The molecule has 0 unspecified atom stereocenters. The lowest BCUT2D eigenvalue weighted by Gasteiger charge is -2.43. The molecule has 2 fully saturated rings. The number of benzene rings is 1. The summed E-state index contributed by atoms with van der Waals surface area (Å²) in [4.78, 5) is 48.2. The predicted octanol–water partition coefficient (Wildman–Crippen LogP) is 1.35. The molecule has 0 radical (unpaired) electrons. The van der Waals surface area contributed by atoms with E-state index in [-0.39, 0.29) is 23.8 Å². The Balaban J connectivity index is 1.36. The Labute approximate surface area is 223 Å². The molecule has 5 N–H and O–H groups in total. The first-order chi connectivity index (χ1) is 18.0. The molecule has 38 heavy (non-hydrogen) atoms. The highest BCUT2D eigenvalue weighted by Gasteiger charge is 2.36. The molecular formula is C27H40N8O3. The van der Waals surface area contributed by atoms with Gasteiger partial charge in [0.05, 0.1) is 11.2 Å². The quantitative estimate of drug-likeness (QED) is 0.518. The number of amides is 3. The summed E-state index contributed by atoms with van der Waals surface area (Å²) < 4.78 is 1.45. The van der Waals surface area contributed by atoms with Crippen LogP contribution in [0.2, 0.25) is 0 Å². The van der Waals surface area contributed by atoms with Gasteiger partial charge in [0, 0.05) is 44.5 Å². The number of nitrogens with two attached hydrogens (primary N) is 2. The molecule has 11 heteroatoms. The summed E-state index contributed by atoms with van der Waals surface area (Å²) in [6, 6.07) is 9.29. The summed E-state index contributed by atoms with van der Waals surface area (Å²) in [6.45, 7) is 9.38. The molecule has 0 aliphatic carbocycles. The van der Waals surface area contributed by atoms with E-state index in [4.69, 9.17) is 11.5 Å². The minimum atomic E-state index is -0.964. The van der Waals surface area contributed by atoms with Crippen LogP contribution in [-0.2, 0) is 11.3 Å². The number of piperidine rings is 1. The first-order valence-corrected chi connectivity index (χ1v) is 13.4.